The lowest BCUT2D eigenvalue weighted by Crippen LogP contribution is -2.62. The maximum absolute atomic E-state index is 14.6. The maximum Gasteiger partial charge on any atom is 0.421 e. The van der Waals surface area contributed by atoms with Crippen molar-refractivity contribution in [3.8, 4) is 0 Å². The second-order valence-electron chi connectivity index (χ2n) is 38.5. The zero-order valence-corrected chi connectivity index (χ0v) is 79.8. The van der Waals surface area contributed by atoms with Crippen molar-refractivity contribution >= 4 is 0 Å². The van der Waals surface area contributed by atoms with Crippen LogP contribution in [0.15, 0.2) is 72.8 Å². The van der Waals surface area contributed by atoms with Gasteiger partial charge in [-0.1, -0.05) is 156 Å². The van der Waals surface area contributed by atoms with E-state index >= 15 is 0 Å². The molecule has 0 saturated heterocycles. The number of alkyl halides is 30. The summed E-state index contributed by atoms with van der Waals surface area (Å²) in [5.41, 5.74) is -34.8. The van der Waals surface area contributed by atoms with Crippen LogP contribution in [-0.4, -0.2) is 152 Å². The third-order valence-corrected chi connectivity index (χ3v) is 28.7. The minimum atomic E-state index is -5.08. The lowest BCUT2D eigenvalue weighted by atomic mass is 9.59. The van der Waals surface area contributed by atoms with Gasteiger partial charge in [0.05, 0.1) is 38.6 Å². The monoisotopic (exact) mass is 2030 g/mol. The fourth-order valence-electron chi connectivity index (χ4n) is 17.3. The Bertz CT molecular complexity index is 4120. The molecule has 0 aromatic heterocycles. The average molecular weight is 2030 g/mol. The molecule has 20 unspecified atom stereocenters. The van der Waals surface area contributed by atoms with Gasteiger partial charge in [0, 0.05) is 11.8 Å². The van der Waals surface area contributed by atoms with Crippen LogP contribution in [0.1, 0.15) is 325 Å². The molecule has 0 spiro atoms. The van der Waals surface area contributed by atoms with Gasteiger partial charge in [-0.2, -0.15) is 132 Å². The highest BCUT2D eigenvalue weighted by molar-refractivity contribution is 5.44. The normalized spacial score (nSPS) is 24.1. The molecule has 4 aliphatic carbocycles. The van der Waals surface area contributed by atoms with E-state index in [4.69, 9.17) is 29.2 Å². The molecule has 0 aliphatic heterocycles. The third-order valence-electron chi connectivity index (χ3n) is 28.7. The molecule has 137 heavy (non-hydrogen) atoms. The maximum atomic E-state index is 14.6. The smallest absolute Gasteiger partial charge is 0.394 e. The summed E-state index contributed by atoms with van der Waals surface area (Å²) < 4.78 is 429. The van der Waals surface area contributed by atoms with Crippen LogP contribution in [0.5, 0.6) is 0 Å². The van der Waals surface area contributed by atoms with Crippen LogP contribution in [0.4, 0.5) is 132 Å². The predicted molar refractivity (Wildman–Crippen MR) is 449 cm³/mol. The van der Waals surface area contributed by atoms with E-state index in [1.807, 2.05) is 13.8 Å². The topological polar surface area (TPSA) is 199 Å². The van der Waals surface area contributed by atoms with Crippen LogP contribution in [0, 0.1) is 35.5 Å². The van der Waals surface area contributed by atoms with Crippen LogP contribution in [-0.2, 0) is 63.8 Å². The summed E-state index contributed by atoms with van der Waals surface area (Å²) in [7, 11) is 0. The fraction of sp³-hybridized carbons (Fsp3) is 0.747. The summed E-state index contributed by atoms with van der Waals surface area (Å²) in [5, 5.41) is 77.2. The van der Waals surface area contributed by atoms with Crippen molar-refractivity contribution in [1.82, 2.24) is 0 Å². The molecule has 42 heteroatoms. The van der Waals surface area contributed by atoms with Crippen molar-refractivity contribution in [2.75, 3.05) is 26.4 Å². The van der Waals surface area contributed by atoms with Gasteiger partial charge < -0.3 is 59.8 Å². The first-order chi connectivity index (χ1) is 61.5. The minimum Gasteiger partial charge on any atom is -0.394 e. The number of ether oxygens (including phenoxy) is 4. The molecular weight excluding hydrogens is 1900 g/mol. The first kappa shape index (κ1) is 124. The van der Waals surface area contributed by atoms with Crippen LogP contribution in [0.25, 0.3) is 0 Å². The van der Waals surface area contributed by atoms with Crippen LogP contribution in [0.3, 0.4) is 0 Å². The van der Waals surface area contributed by atoms with Gasteiger partial charge in [0.1, 0.15) is 0 Å². The van der Waals surface area contributed by atoms with Crippen molar-refractivity contribution in [3.63, 3.8) is 0 Å². The van der Waals surface area contributed by atoms with Gasteiger partial charge in [-0.15, -0.1) is 0 Å². The molecule has 4 aliphatic rings. The van der Waals surface area contributed by atoms with Gasteiger partial charge in [-0.25, -0.2) is 0 Å². The van der Waals surface area contributed by atoms with E-state index in [2.05, 4.69) is 0 Å². The Labute approximate surface area is 778 Å². The highest BCUT2D eigenvalue weighted by Crippen LogP contribution is 2.67. The van der Waals surface area contributed by atoms with E-state index in [1.54, 1.807) is 55.4 Å². The molecule has 20 atom stereocenters. The summed E-state index contributed by atoms with van der Waals surface area (Å²) in [5.74, 6) is -6.52. The number of aliphatic hydroxyl groups excluding tert-OH is 2. The number of rotatable bonds is 28. The SMILES string of the molecule is CC1C(C)C2CC1C(C(C)(O)C(F)(F)F)C2C(C)(O)C(F)(F)F.CCC(C)c1cc(C(C)(O)C(F)(F)F)cc(C(C)(O)C(F)(F)F)c1.CCC(C)c1cc(C(C)(O)C(F)(F)F)cc(C(C)(O)C(F)(F)F)c1.CCC(C)c1cc(C(C)(OC2CCCCC2)C(F)(F)F)cc(C(C)(OC2CCCCC2)C(F)(F)F)c1.CCC(C)c1cc(C(C)(OCCO)C(F)(F)F)cc(C(C)(OCCO)C(F)(F)F)c1. The molecule has 4 fully saturated rings. The quantitative estimate of drug-likeness (QED) is 0.0251. The molecule has 0 radical (unpaired) electrons. The summed E-state index contributed by atoms with van der Waals surface area (Å²) in [6.07, 6.45) is -42.0. The van der Waals surface area contributed by atoms with Crippen molar-refractivity contribution < 1.29 is 192 Å². The molecule has 4 aromatic rings. The standard InChI is InChI=1S/C28H40F6O2.C20H28F6O4.2C16H20F6O2.C15H22F6O2/c1-5-19(2)20-16-21(25(3,27(29,30)31)35-23-12-8-6-9-13-23)18-22(17-20)26(4,28(32,33)34)36-24-14-10-7-11-15-24;1-5-13(2)14-10-15(17(3,19(21,22)23)29-8-6-27)12-16(11-14)18(4,20(24,25)26)30-9-7-28;2*1-5-9(2)10-6-11(13(3,23)15(17,18)19)8-12(7-10)14(4,24)16(20,21)22;1-6-7(2)9-5-8(6)10(12(3,22)14(16,17)18)11(9)13(4,23)15(19,20)21/h16-19,23-24H,5-15H2,1-4H3;10-13,27-28H,5-9H2,1-4H3;2*6-9,23-24H,5H2,1-4H3;6-11,22-23H,5H2,1-4H3. The summed E-state index contributed by atoms with van der Waals surface area (Å²) in [6, 6.07) is 12.1. The molecule has 2 bridgehead atoms. The lowest BCUT2D eigenvalue weighted by molar-refractivity contribution is -0.323. The Hall–Kier alpha value is -5.70. The molecule has 8 N–H and O–H groups in total. The number of hydrogen-bond acceptors (Lipinski definition) is 12. The highest BCUT2D eigenvalue weighted by Gasteiger charge is 2.74. The first-order valence-corrected chi connectivity index (χ1v) is 45.0. The van der Waals surface area contributed by atoms with Gasteiger partial charge in [0.25, 0.3) is 0 Å². The third kappa shape index (κ3) is 27.3. The second-order valence-corrected chi connectivity index (χ2v) is 38.5. The van der Waals surface area contributed by atoms with Crippen molar-refractivity contribution in [2.24, 2.45) is 35.5 Å². The number of halogens is 30. The van der Waals surface area contributed by atoms with Crippen LogP contribution < -0.4 is 0 Å². The Morgan fingerprint density at radius 2 is 0.467 bits per heavy atom. The summed E-state index contributed by atoms with van der Waals surface area (Å²) in [6.45, 7) is 20.8. The van der Waals surface area contributed by atoms with Crippen LogP contribution >= 0.6 is 0 Å². The molecule has 0 amide bonds. The lowest BCUT2D eigenvalue weighted by Gasteiger charge is -2.50. The molecule has 12 nitrogen and oxygen atoms in total. The van der Waals surface area contributed by atoms with Gasteiger partial charge in [-0.3, -0.25) is 0 Å². The predicted octanol–water partition coefficient (Wildman–Crippen LogP) is 27.5. The van der Waals surface area contributed by atoms with E-state index in [0.29, 0.717) is 124 Å². The number of benzene rings is 4. The molecule has 0 heterocycles. The second kappa shape index (κ2) is 44.5. The van der Waals surface area contributed by atoms with Crippen molar-refractivity contribution in [1.29, 1.82) is 0 Å². The zero-order chi connectivity index (χ0) is 107. The van der Waals surface area contributed by atoms with Gasteiger partial charge >= 0.3 is 61.8 Å². The largest absolute Gasteiger partial charge is 0.421 e. The molecule has 792 valence electrons. The number of hydrogen-bond donors (Lipinski definition) is 8. The summed E-state index contributed by atoms with van der Waals surface area (Å²) in [4.78, 5) is 0. The van der Waals surface area contributed by atoms with Gasteiger partial charge in [0.15, 0.2) is 56.0 Å². The Balaban J connectivity index is 0.000000362. The Morgan fingerprint density at radius 1 is 0.277 bits per heavy atom. The van der Waals surface area contributed by atoms with E-state index in [0.717, 1.165) is 88.8 Å². The molecule has 4 aromatic carbocycles. The van der Waals surface area contributed by atoms with E-state index in [9.17, 15) is 162 Å². The average Bonchev–Trinajstić information content (AvgIpc) is 1.53. The van der Waals surface area contributed by atoms with Crippen molar-refractivity contribution in [2.45, 2.75) is 388 Å². The summed E-state index contributed by atoms with van der Waals surface area (Å²) >= 11 is 0. The van der Waals surface area contributed by atoms with E-state index < -0.39 is 213 Å². The van der Waals surface area contributed by atoms with E-state index in [-0.39, 0.29) is 69.7 Å². The molecular formula is C95H130F30O12. The first-order valence-electron chi connectivity index (χ1n) is 45.0. The van der Waals surface area contributed by atoms with Crippen LogP contribution in [0.2, 0.25) is 0 Å². The minimum absolute atomic E-state index is 0.163. The van der Waals surface area contributed by atoms with Gasteiger partial charge in [-0.05, 0) is 265 Å². The van der Waals surface area contributed by atoms with Gasteiger partial charge in [0.2, 0.25) is 0 Å². The highest BCUT2D eigenvalue weighted by atomic mass is 19.4. The zero-order valence-electron chi connectivity index (χ0n) is 79.8. The Kier molecular flexibility index (Phi) is 40.1. The Morgan fingerprint density at radius 3 is 0.642 bits per heavy atom. The fourth-order valence-corrected chi connectivity index (χ4v) is 17.3. The molecule has 8 rings (SSSR count). The molecule has 4 saturated carbocycles. The number of fused-ring (bicyclic) bond motifs is 2. The number of aliphatic hydroxyl groups is 8. The van der Waals surface area contributed by atoms with E-state index in [1.165, 1.54) is 24.3 Å². The van der Waals surface area contributed by atoms with Crippen molar-refractivity contribution in [3.05, 3.63) is 140 Å².